The topological polar surface area (TPSA) is 0 Å². The Hall–Kier alpha value is -2.97. The molecule has 40 heteroatoms. The molecule has 0 bridgehead atoms. The molecule has 424 valence electrons. The van der Waals surface area contributed by atoms with Crippen LogP contribution >= 0.6 is 0 Å². The van der Waals surface area contributed by atoms with E-state index in [2.05, 4.69) is 0 Å². The van der Waals surface area contributed by atoms with Gasteiger partial charge in [0.2, 0.25) is 0 Å². The van der Waals surface area contributed by atoms with E-state index in [1.54, 1.807) is 0 Å². The predicted molar refractivity (Wildman–Crippen MR) is 162 cm³/mol. The van der Waals surface area contributed by atoms with Gasteiger partial charge in [-0.05, 0) is 0 Å². The molecule has 0 spiro atoms. The zero-order valence-corrected chi connectivity index (χ0v) is 35.9. The molecule has 0 heterocycles. The van der Waals surface area contributed by atoms with Crippen molar-refractivity contribution in [1.29, 1.82) is 0 Å². The van der Waals surface area contributed by atoms with Crippen LogP contribution in [-0.4, -0.2) is 126 Å². The van der Waals surface area contributed by atoms with Crippen molar-refractivity contribution in [3.63, 3.8) is 0 Å². The SMILES string of the molecule is FC(F)(F)C(F)(F)C(F)(F)C(F)(F)C(F)(F)C(F)(F)C[CH2][Sn](/[CH]=C/c1ccccc1)([CH2]CC(F)(F)C(F)(F)C(F)(F)C(F)(F)C(F)(F)C(F)(F)F)[CH2]CC(F)(F)C(F)(F)C(F)(F)C(F)(F)C(F)(F)C(F)(F)F. The van der Waals surface area contributed by atoms with Crippen LogP contribution in [0.15, 0.2) is 34.4 Å². The van der Waals surface area contributed by atoms with E-state index >= 15 is 26.3 Å². The van der Waals surface area contributed by atoms with Crippen molar-refractivity contribution in [3.05, 3.63) is 40.0 Å². The molecule has 0 amide bonds. The van der Waals surface area contributed by atoms with Crippen LogP contribution in [0, 0.1) is 0 Å². The summed E-state index contributed by atoms with van der Waals surface area (Å²) < 4.78 is 529. The molecule has 0 radical (unpaired) electrons. The van der Waals surface area contributed by atoms with Crippen LogP contribution in [0.4, 0.5) is 171 Å². The molecule has 0 fully saturated rings. The van der Waals surface area contributed by atoms with E-state index in [-0.39, 0.29) is 6.08 Å². The molecule has 0 aliphatic rings. The van der Waals surface area contributed by atoms with E-state index in [0.29, 0.717) is 24.3 Å². The number of rotatable bonds is 23. The van der Waals surface area contributed by atoms with E-state index in [0.717, 1.165) is 6.07 Å². The minimum absolute atomic E-state index is 0.148. The molecular weight excluding hydrogens is 1240 g/mol. The Labute approximate surface area is 375 Å². The summed E-state index contributed by atoms with van der Waals surface area (Å²) in [5, 5.41) is 0. The fourth-order valence-corrected chi connectivity index (χ4v) is 17.6. The van der Waals surface area contributed by atoms with E-state index in [4.69, 9.17) is 0 Å². The Kier molecular flexibility index (Phi) is 17.6. The maximum absolute atomic E-state index is 15.0. The standard InChI is InChI=1S/3C8H4F13.C8H7.Sn/c3*1-2-3(9,10)4(11,12)5(13,14)6(15,16)7(17,18)8(19,20)21;1-2-8-6-4-3-5-7-8;/h3*1-2H2;1-7H;. The van der Waals surface area contributed by atoms with E-state index in [1.807, 2.05) is 0 Å². The number of alkyl halides is 39. The van der Waals surface area contributed by atoms with Crippen LogP contribution < -0.4 is 0 Å². The average Bonchev–Trinajstić information content (AvgIpc) is 3.18. The van der Waals surface area contributed by atoms with Crippen molar-refractivity contribution in [2.45, 2.75) is 140 Å². The Morgan fingerprint density at radius 3 is 0.653 bits per heavy atom. The zero-order valence-electron chi connectivity index (χ0n) is 33.0. The van der Waals surface area contributed by atoms with Crippen molar-refractivity contribution in [2.75, 3.05) is 0 Å². The molecule has 0 saturated heterocycles. The first-order valence-electron chi connectivity index (χ1n) is 17.6. The Morgan fingerprint density at radius 2 is 0.458 bits per heavy atom. The summed E-state index contributed by atoms with van der Waals surface area (Å²) in [6.07, 6.45) is -36.6. The van der Waals surface area contributed by atoms with Crippen LogP contribution in [-0.2, 0) is 0 Å². The summed E-state index contributed by atoms with van der Waals surface area (Å²) in [6, 6.07) is 3.30. The van der Waals surface area contributed by atoms with Crippen molar-refractivity contribution in [1.82, 2.24) is 0 Å². The molecular formula is C32H19F39Sn. The summed E-state index contributed by atoms with van der Waals surface area (Å²) in [7, 11) is 0. The molecule has 0 unspecified atom stereocenters. The van der Waals surface area contributed by atoms with Gasteiger partial charge in [0.25, 0.3) is 0 Å². The fraction of sp³-hybridized carbons (Fsp3) is 0.750. The average molecular weight is 1260 g/mol. The molecule has 0 nitrogen and oxygen atoms in total. The first-order chi connectivity index (χ1) is 30.9. The maximum atomic E-state index is 15.0. The van der Waals surface area contributed by atoms with Crippen LogP contribution in [0.2, 0.25) is 13.3 Å². The van der Waals surface area contributed by atoms with Gasteiger partial charge in [0.1, 0.15) is 0 Å². The Bertz CT molecular complexity index is 1830. The number of hydrogen-bond donors (Lipinski definition) is 0. The summed E-state index contributed by atoms with van der Waals surface area (Å²) in [5.74, 6) is -127. The van der Waals surface area contributed by atoms with Gasteiger partial charge in [0.15, 0.2) is 0 Å². The summed E-state index contributed by atoms with van der Waals surface area (Å²) >= 11 is -8.09. The van der Waals surface area contributed by atoms with Gasteiger partial charge in [-0.25, -0.2) is 0 Å². The fourth-order valence-electron chi connectivity index (χ4n) is 5.56. The molecule has 1 aromatic rings. The van der Waals surface area contributed by atoms with Crippen LogP contribution in [0.3, 0.4) is 0 Å². The number of halogens is 39. The van der Waals surface area contributed by atoms with Crippen molar-refractivity contribution in [3.8, 4) is 0 Å². The van der Waals surface area contributed by atoms with Gasteiger partial charge in [-0.3, -0.25) is 0 Å². The number of hydrogen-bond acceptors (Lipinski definition) is 0. The third-order valence-corrected chi connectivity index (χ3v) is 23.4. The van der Waals surface area contributed by atoms with Gasteiger partial charge in [0.05, 0.1) is 0 Å². The van der Waals surface area contributed by atoms with Gasteiger partial charge >= 0.3 is 376 Å². The van der Waals surface area contributed by atoms with Crippen molar-refractivity contribution >= 4 is 24.5 Å². The molecule has 0 aliphatic carbocycles. The molecule has 0 saturated carbocycles. The van der Waals surface area contributed by atoms with Crippen LogP contribution in [0.25, 0.3) is 6.08 Å². The Balaban J connectivity index is 4.43. The summed E-state index contributed by atoms with van der Waals surface area (Å²) in [5.41, 5.74) is -0.869. The van der Waals surface area contributed by atoms with Gasteiger partial charge in [0, 0.05) is 0 Å². The monoisotopic (exact) mass is 1260 g/mol. The molecule has 72 heavy (non-hydrogen) atoms. The molecule has 1 aromatic carbocycles. The summed E-state index contributed by atoms with van der Waals surface area (Å²) in [6.45, 7) is 0. The number of benzene rings is 1. The third kappa shape index (κ3) is 10.5. The zero-order chi connectivity index (χ0) is 58.3. The molecule has 1 rings (SSSR count). The molecule has 0 atom stereocenters. The van der Waals surface area contributed by atoms with Gasteiger partial charge in [-0.1, -0.05) is 0 Å². The first-order valence-corrected chi connectivity index (χ1v) is 25.3. The predicted octanol–water partition coefficient (Wildman–Crippen LogP) is 17.1. The van der Waals surface area contributed by atoms with Crippen LogP contribution in [0.1, 0.15) is 24.8 Å². The van der Waals surface area contributed by atoms with E-state index in [1.165, 1.54) is 0 Å². The van der Waals surface area contributed by atoms with Crippen molar-refractivity contribution in [2.24, 2.45) is 0 Å². The minimum atomic E-state index is -8.87. The first kappa shape index (κ1) is 67.0. The Morgan fingerprint density at radius 1 is 0.264 bits per heavy atom. The molecule has 0 aliphatic heterocycles. The van der Waals surface area contributed by atoms with Gasteiger partial charge in [-0.2, -0.15) is 0 Å². The third-order valence-electron chi connectivity index (χ3n) is 10.2. The second kappa shape index (κ2) is 18.9. The quantitative estimate of drug-likeness (QED) is 0.0757. The van der Waals surface area contributed by atoms with Crippen LogP contribution in [0.5, 0.6) is 0 Å². The van der Waals surface area contributed by atoms with E-state index < -0.39 is 168 Å². The molecule has 0 N–H and O–H groups in total. The van der Waals surface area contributed by atoms with Gasteiger partial charge in [-0.15, -0.1) is 0 Å². The summed E-state index contributed by atoms with van der Waals surface area (Å²) in [4.78, 5) is 0. The second-order valence-electron chi connectivity index (χ2n) is 15.1. The molecule has 0 aromatic heterocycles. The second-order valence-corrected chi connectivity index (χ2v) is 28.1. The normalized spacial score (nSPS) is 16.5. The van der Waals surface area contributed by atoms with E-state index in [9.17, 15) is 145 Å². The van der Waals surface area contributed by atoms with Gasteiger partial charge < -0.3 is 0 Å². The van der Waals surface area contributed by atoms with Crippen molar-refractivity contribution < 1.29 is 171 Å².